The Labute approximate surface area is 140 Å². The van der Waals surface area contributed by atoms with Crippen molar-refractivity contribution in [1.82, 2.24) is 0 Å². The van der Waals surface area contributed by atoms with Crippen molar-refractivity contribution < 1.29 is 14.3 Å². The van der Waals surface area contributed by atoms with Crippen LogP contribution in [0.1, 0.15) is 21.5 Å². The molecule has 0 N–H and O–H groups in total. The number of ether oxygens (including phenoxy) is 2. The maximum absolute atomic E-state index is 12.8. The van der Waals surface area contributed by atoms with Crippen LogP contribution in [0.25, 0.3) is 0 Å². The lowest BCUT2D eigenvalue weighted by molar-refractivity contribution is 0.103. The van der Waals surface area contributed by atoms with Gasteiger partial charge in [-0.05, 0) is 52.7 Å². The number of methoxy groups -OCH3 is 2. The number of carbonyl (C=O) groups excluding carboxylic acids is 1. The zero-order valence-electron chi connectivity index (χ0n) is 11.9. The number of carbonyl (C=O) groups is 1. The van der Waals surface area contributed by atoms with E-state index in [1.807, 2.05) is 25.1 Å². The van der Waals surface area contributed by atoms with Crippen LogP contribution in [0.5, 0.6) is 11.5 Å². The molecule has 0 aliphatic carbocycles. The van der Waals surface area contributed by atoms with Crippen molar-refractivity contribution in [3.63, 3.8) is 0 Å². The van der Waals surface area contributed by atoms with Crippen molar-refractivity contribution >= 4 is 37.6 Å². The SMILES string of the molecule is COc1cc(Br)c(C(=O)c2cc(Br)ccc2C)cc1OC. The number of aryl methyl sites for hydroxylation is 1. The van der Waals surface area contributed by atoms with E-state index in [4.69, 9.17) is 9.47 Å². The van der Waals surface area contributed by atoms with Gasteiger partial charge in [0.25, 0.3) is 0 Å². The highest BCUT2D eigenvalue weighted by atomic mass is 79.9. The van der Waals surface area contributed by atoms with Crippen LogP contribution in [-0.4, -0.2) is 20.0 Å². The molecule has 0 saturated carbocycles. The smallest absolute Gasteiger partial charge is 0.194 e. The van der Waals surface area contributed by atoms with E-state index < -0.39 is 0 Å². The van der Waals surface area contributed by atoms with Crippen LogP contribution in [0.4, 0.5) is 0 Å². The first kappa shape index (κ1) is 16.0. The fraction of sp³-hybridized carbons (Fsp3) is 0.188. The molecule has 0 unspecified atom stereocenters. The first-order chi connectivity index (χ1) is 9.97. The van der Waals surface area contributed by atoms with E-state index in [1.54, 1.807) is 26.4 Å². The molecule has 0 aliphatic rings. The van der Waals surface area contributed by atoms with E-state index in [2.05, 4.69) is 31.9 Å². The average molecular weight is 414 g/mol. The minimum Gasteiger partial charge on any atom is -0.493 e. The molecule has 2 rings (SSSR count). The van der Waals surface area contributed by atoms with Gasteiger partial charge >= 0.3 is 0 Å². The molecule has 3 nitrogen and oxygen atoms in total. The van der Waals surface area contributed by atoms with Gasteiger partial charge in [-0.2, -0.15) is 0 Å². The van der Waals surface area contributed by atoms with Crippen molar-refractivity contribution in [2.45, 2.75) is 6.92 Å². The van der Waals surface area contributed by atoms with Crippen LogP contribution in [-0.2, 0) is 0 Å². The molecule has 0 aromatic heterocycles. The van der Waals surface area contributed by atoms with Gasteiger partial charge in [0, 0.05) is 20.1 Å². The van der Waals surface area contributed by atoms with Crippen LogP contribution in [0.15, 0.2) is 39.3 Å². The summed E-state index contributed by atoms with van der Waals surface area (Å²) in [5.74, 6) is 1.03. The molecule has 2 aromatic rings. The molecule has 0 spiro atoms. The monoisotopic (exact) mass is 412 g/mol. The molecule has 0 heterocycles. The van der Waals surface area contributed by atoms with E-state index in [-0.39, 0.29) is 5.78 Å². The Balaban J connectivity index is 2.55. The quantitative estimate of drug-likeness (QED) is 0.677. The van der Waals surface area contributed by atoms with Crippen molar-refractivity contribution in [1.29, 1.82) is 0 Å². The van der Waals surface area contributed by atoms with E-state index in [0.29, 0.717) is 27.1 Å². The fourth-order valence-corrected chi connectivity index (χ4v) is 2.88. The number of ketones is 1. The molecule has 0 bridgehead atoms. The number of benzene rings is 2. The van der Waals surface area contributed by atoms with Gasteiger partial charge in [0.2, 0.25) is 0 Å². The van der Waals surface area contributed by atoms with E-state index >= 15 is 0 Å². The molecule has 0 amide bonds. The second-order valence-corrected chi connectivity index (χ2v) is 6.25. The molecule has 21 heavy (non-hydrogen) atoms. The van der Waals surface area contributed by atoms with E-state index in [0.717, 1.165) is 10.0 Å². The Hall–Kier alpha value is -1.33. The van der Waals surface area contributed by atoms with Gasteiger partial charge in [0.05, 0.1) is 14.2 Å². The predicted molar refractivity (Wildman–Crippen MR) is 89.6 cm³/mol. The topological polar surface area (TPSA) is 35.5 Å². The van der Waals surface area contributed by atoms with Gasteiger partial charge in [0.15, 0.2) is 17.3 Å². The number of rotatable bonds is 4. The molecular weight excluding hydrogens is 400 g/mol. The molecule has 0 saturated heterocycles. The summed E-state index contributed by atoms with van der Waals surface area (Å²) in [6.45, 7) is 1.91. The lowest BCUT2D eigenvalue weighted by Crippen LogP contribution is -2.06. The summed E-state index contributed by atoms with van der Waals surface area (Å²) in [5.41, 5.74) is 2.11. The molecule has 0 radical (unpaired) electrons. The zero-order valence-corrected chi connectivity index (χ0v) is 15.0. The normalized spacial score (nSPS) is 10.3. The zero-order chi connectivity index (χ0) is 15.6. The van der Waals surface area contributed by atoms with E-state index in [1.165, 1.54) is 0 Å². The Bertz CT molecular complexity index is 696. The molecule has 110 valence electrons. The maximum atomic E-state index is 12.8. The van der Waals surface area contributed by atoms with Crippen molar-refractivity contribution in [2.24, 2.45) is 0 Å². The summed E-state index contributed by atoms with van der Waals surface area (Å²) in [6.07, 6.45) is 0. The first-order valence-electron chi connectivity index (χ1n) is 6.20. The number of hydrogen-bond acceptors (Lipinski definition) is 3. The average Bonchev–Trinajstić information content (AvgIpc) is 2.48. The maximum Gasteiger partial charge on any atom is 0.194 e. The summed E-state index contributed by atoms with van der Waals surface area (Å²) in [4.78, 5) is 12.8. The van der Waals surface area contributed by atoms with Gasteiger partial charge in [0.1, 0.15) is 0 Å². The van der Waals surface area contributed by atoms with Gasteiger partial charge in [-0.15, -0.1) is 0 Å². The van der Waals surface area contributed by atoms with Gasteiger partial charge in [-0.1, -0.05) is 22.0 Å². The highest BCUT2D eigenvalue weighted by Gasteiger charge is 2.18. The third-order valence-electron chi connectivity index (χ3n) is 3.16. The molecule has 0 fully saturated rings. The van der Waals surface area contributed by atoms with Gasteiger partial charge in [-0.25, -0.2) is 0 Å². The van der Waals surface area contributed by atoms with Crippen LogP contribution >= 0.6 is 31.9 Å². The Morgan fingerprint density at radius 3 is 2.19 bits per heavy atom. The summed E-state index contributed by atoms with van der Waals surface area (Å²) in [6, 6.07) is 9.06. The number of halogens is 2. The van der Waals surface area contributed by atoms with E-state index in [9.17, 15) is 4.79 Å². The van der Waals surface area contributed by atoms with Crippen LogP contribution in [0.3, 0.4) is 0 Å². The third-order valence-corrected chi connectivity index (χ3v) is 4.31. The first-order valence-corrected chi connectivity index (χ1v) is 7.79. The summed E-state index contributed by atoms with van der Waals surface area (Å²) >= 11 is 6.82. The summed E-state index contributed by atoms with van der Waals surface area (Å²) in [5, 5.41) is 0. The minimum atomic E-state index is -0.0679. The predicted octanol–water partition coefficient (Wildman–Crippen LogP) is 4.77. The Kier molecular flexibility index (Phi) is 5.06. The van der Waals surface area contributed by atoms with Crippen LogP contribution < -0.4 is 9.47 Å². The third kappa shape index (κ3) is 3.30. The molecule has 5 heteroatoms. The molecule has 2 aromatic carbocycles. The summed E-state index contributed by atoms with van der Waals surface area (Å²) < 4.78 is 12.0. The molecule has 0 atom stereocenters. The molecular formula is C16H14Br2O3. The van der Waals surface area contributed by atoms with Gasteiger partial charge < -0.3 is 9.47 Å². The Morgan fingerprint density at radius 1 is 0.952 bits per heavy atom. The lowest BCUT2D eigenvalue weighted by Gasteiger charge is -2.12. The fourth-order valence-electron chi connectivity index (χ4n) is 2.01. The largest absolute Gasteiger partial charge is 0.493 e. The lowest BCUT2D eigenvalue weighted by atomic mass is 9.99. The van der Waals surface area contributed by atoms with Crippen LogP contribution in [0.2, 0.25) is 0 Å². The van der Waals surface area contributed by atoms with Gasteiger partial charge in [-0.3, -0.25) is 4.79 Å². The van der Waals surface area contributed by atoms with Crippen molar-refractivity contribution in [3.05, 3.63) is 56.0 Å². The Morgan fingerprint density at radius 2 is 1.57 bits per heavy atom. The summed E-state index contributed by atoms with van der Waals surface area (Å²) in [7, 11) is 3.11. The number of hydrogen-bond donors (Lipinski definition) is 0. The van der Waals surface area contributed by atoms with Crippen molar-refractivity contribution in [3.8, 4) is 11.5 Å². The van der Waals surface area contributed by atoms with Crippen LogP contribution in [0, 0.1) is 6.92 Å². The highest BCUT2D eigenvalue weighted by Crippen LogP contribution is 2.34. The molecule has 0 aliphatic heterocycles. The van der Waals surface area contributed by atoms with Crippen molar-refractivity contribution in [2.75, 3.05) is 14.2 Å². The highest BCUT2D eigenvalue weighted by molar-refractivity contribution is 9.10. The standard InChI is InChI=1S/C16H14Br2O3/c1-9-4-5-10(17)6-11(9)16(19)12-7-14(20-2)15(21-3)8-13(12)18/h4-8H,1-3H3. The minimum absolute atomic E-state index is 0.0679. The second-order valence-electron chi connectivity index (χ2n) is 4.48. The second kappa shape index (κ2) is 6.62.